The zero-order chi connectivity index (χ0) is 6.91. The molecule has 0 aromatic carbocycles. The molecule has 0 spiro atoms. The lowest BCUT2D eigenvalue weighted by Gasteiger charge is -2.16. The molecule has 1 aliphatic rings. The van der Waals surface area contributed by atoms with Gasteiger partial charge in [-0.05, 0) is 0 Å². The first-order valence-corrected chi connectivity index (χ1v) is 3.82. The van der Waals surface area contributed by atoms with Crippen LogP contribution < -0.4 is 0 Å². The van der Waals surface area contributed by atoms with Crippen LogP contribution in [0.1, 0.15) is 13.8 Å². The molecule has 1 rings (SSSR count). The van der Waals surface area contributed by atoms with E-state index in [1.54, 1.807) is 0 Å². The van der Waals surface area contributed by atoms with Crippen molar-refractivity contribution in [1.29, 1.82) is 0 Å². The summed E-state index contributed by atoms with van der Waals surface area (Å²) in [5, 5.41) is 0. The third kappa shape index (κ3) is 1.95. The molecular weight excluding hydrogens is 183 g/mol. The Morgan fingerprint density at radius 3 is 2.00 bits per heavy atom. The van der Waals surface area contributed by atoms with Crippen LogP contribution >= 0.6 is 15.9 Å². The first-order chi connectivity index (χ1) is 4.11. The molecule has 1 fully saturated rings. The van der Waals surface area contributed by atoms with Gasteiger partial charge in [-0.3, -0.25) is 0 Å². The van der Waals surface area contributed by atoms with E-state index in [4.69, 9.17) is 9.31 Å². The normalized spacial score (nSPS) is 21.0. The molecule has 52 valence electrons. The van der Waals surface area contributed by atoms with Crippen molar-refractivity contribution in [2.75, 3.05) is 13.2 Å². The molecule has 4 heteroatoms. The zero-order valence-corrected chi connectivity index (χ0v) is 7.27. The van der Waals surface area contributed by atoms with Crippen LogP contribution in [0.3, 0.4) is 0 Å². The summed E-state index contributed by atoms with van der Waals surface area (Å²) in [5.74, 6) is 0. The molecule has 0 amide bonds. The molecule has 0 unspecified atom stereocenters. The minimum atomic E-state index is -0.0718. The third-order valence-electron chi connectivity index (χ3n) is 1.18. The number of alkyl halides is 1. The van der Waals surface area contributed by atoms with E-state index in [2.05, 4.69) is 15.9 Å². The predicted octanol–water partition coefficient (Wildman–Crippen LogP) is 1.23. The number of hydrogen-bond donors (Lipinski definition) is 0. The number of rotatable bonds is 1. The number of halogens is 1. The van der Waals surface area contributed by atoms with Gasteiger partial charge in [-0.25, -0.2) is 0 Å². The van der Waals surface area contributed by atoms with Crippen LogP contribution in [-0.4, -0.2) is 24.6 Å². The second-order valence-corrected chi connectivity index (χ2v) is 4.68. The van der Waals surface area contributed by atoms with Crippen molar-refractivity contribution in [2.45, 2.75) is 18.1 Å². The Labute approximate surface area is 64.2 Å². The summed E-state index contributed by atoms with van der Waals surface area (Å²) in [6.45, 7) is 5.51. The molecule has 0 aromatic rings. The standard InChI is InChI=1S/C5H10BBrO2/c1-5(2,7)6-8-3-4-9-6/h3-4H2,1-2H3. The van der Waals surface area contributed by atoms with Crippen molar-refractivity contribution in [2.24, 2.45) is 0 Å². The summed E-state index contributed by atoms with van der Waals surface area (Å²) in [5.41, 5.74) is 0. The predicted molar refractivity (Wildman–Crippen MR) is 40.7 cm³/mol. The van der Waals surface area contributed by atoms with Gasteiger partial charge >= 0.3 is 7.12 Å². The average Bonchev–Trinajstić information content (AvgIpc) is 2.08. The highest BCUT2D eigenvalue weighted by Crippen LogP contribution is 2.23. The first-order valence-electron chi connectivity index (χ1n) is 3.03. The van der Waals surface area contributed by atoms with E-state index >= 15 is 0 Å². The molecule has 2 nitrogen and oxygen atoms in total. The Balaban J connectivity index is 2.42. The van der Waals surface area contributed by atoms with Gasteiger partial charge in [-0.2, -0.15) is 0 Å². The molecule has 0 aliphatic carbocycles. The molecule has 0 N–H and O–H groups in total. The Morgan fingerprint density at radius 1 is 1.33 bits per heavy atom. The maximum Gasteiger partial charge on any atom is 0.474 e. The van der Waals surface area contributed by atoms with Crippen molar-refractivity contribution < 1.29 is 9.31 Å². The lowest BCUT2D eigenvalue weighted by atomic mass is 9.75. The Hall–Kier alpha value is 0.465. The maximum absolute atomic E-state index is 5.25. The lowest BCUT2D eigenvalue weighted by Crippen LogP contribution is -2.36. The molecule has 0 radical (unpaired) electrons. The van der Waals surface area contributed by atoms with E-state index in [1.165, 1.54) is 0 Å². The number of hydrogen-bond acceptors (Lipinski definition) is 2. The highest BCUT2D eigenvalue weighted by atomic mass is 79.9. The molecule has 0 atom stereocenters. The zero-order valence-electron chi connectivity index (χ0n) is 5.69. The highest BCUT2D eigenvalue weighted by molar-refractivity contribution is 9.10. The molecular formula is C5H10BBrO2. The maximum atomic E-state index is 5.25. The molecule has 0 saturated carbocycles. The van der Waals surface area contributed by atoms with E-state index in [-0.39, 0.29) is 11.3 Å². The van der Waals surface area contributed by atoms with Gasteiger partial charge in [0.2, 0.25) is 0 Å². The summed E-state index contributed by atoms with van der Waals surface area (Å²) >= 11 is 3.46. The summed E-state index contributed by atoms with van der Waals surface area (Å²) in [6.07, 6.45) is 0. The van der Waals surface area contributed by atoms with Gasteiger partial charge in [0.1, 0.15) is 0 Å². The molecule has 1 heterocycles. The van der Waals surface area contributed by atoms with E-state index in [9.17, 15) is 0 Å². The summed E-state index contributed by atoms with van der Waals surface area (Å²) in [7, 11) is -0.0718. The topological polar surface area (TPSA) is 18.5 Å². The fourth-order valence-corrected chi connectivity index (χ4v) is 1.02. The first kappa shape index (κ1) is 7.57. The van der Waals surface area contributed by atoms with Crippen LogP contribution in [0.2, 0.25) is 0 Å². The lowest BCUT2D eigenvalue weighted by molar-refractivity contribution is 0.360. The van der Waals surface area contributed by atoms with E-state index < -0.39 is 0 Å². The van der Waals surface area contributed by atoms with E-state index in [0.717, 1.165) is 13.2 Å². The van der Waals surface area contributed by atoms with Crippen molar-refractivity contribution in [3.05, 3.63) is 0 Å². The van der Waals surface area contributed by atoms with Gasteiger partial charge < -0.3 is 9.31 Å². The van der Waals surface area contributed by atoms with Crippen LogP contribution in [0.25, 0.3) is 0 Å². The van der Waals surface area contributed by atoms with Crippen molar-refractivity contribution >= 4 is 23.0 Å². The average molecular weight is 193 g/mol. The highest BCUT2D eigenvalue weighted by Gasteiger charge is 2.38. The molecule has 0 bridgehead atoms. The SMILES string of the molecule is CC(C)(Br)B1OCCO1. The van der Waals surface area contributed by atoms with Gasteiger partial charge in [-0.1, -0.05) is 29.8 Å². The Kier molecular flexibility index (Phi) is 2.19. The van der Waals surface area contributed by atoms with Gasteiger partial charge in [0.25, 0.3) is 0 Å². The monoisotopic (exact) mass is 192 g/mol. The second kappa shape index (κ2) is 2.60. The van der Waals surface area contributed by atoms with Gasteiger partial charge in [0.15, 0.2) is 0 Å². The van der Waals surface area contributed by atoms with Crippen LogP contribution in [0.15, 0.2) is 0 Å². The minimum absolute atomic E-state index is 0.0521. The Bertz CT molecular complexity index is 95.6. The molecule has 0 aromatic heterocycles. The van der Waals surface area contributed by atoms with E-state index in [0.29, 0.717) is 0 Å². The second-order valence-electron chi connectivity index (χ2n) is 2.64. The quantitative estimate of drug-likeness (QED) is 0.460. The van der Waals surface area contributed by atoms with Crippen molar-refractivity contribution in [1.82, 2.24) is 0 Å². The van der Waals surface area contributed by atoms with Crippen molar-refractivity contribution in [3.63, 3.8) is 0 Å². The Morgan fingerprint density at radius 2 is 1.78 bits per heavy atom. The van der Waals surface area contributed by atoms with Crippen molar-refractivity contribution in [3.8, 4) is 0 Å². The summed E-state index contributed by atoms with van der Waals surface area (Å²) < 4.78 is 10.4. The third-order valence-corrected chi connectivity index (χ3v) is 1.56. The molecule has 1 aliphatic heterocycles. The fraction of sp³-hybridized carbons (Fsp3) is 1.00. The fourth-order valence-electron chi connectivity index (χ4n) is 0.755. The van der Waals surface area contributed by atoms with Crippen LogP contribution in [0.5, 0.6) is 0 Å². The molecule has 1 saturated heterocycles. The van der Waals surface area contributed by atoms with Gasteiger partial charge in [0, 0.05) is 0 Å². The molecule has 9 heavy (non-hydrogen) atoms. The van der Waals surface area contributed by atoms with E-state index in [1.807, 2.05) is 13.8 Å². The summed E-state index contributed by atoms with van der Waals surface area (Å²) in [4.78, 5) is 0. The summed E-state index contributed by atoms with van der Waals surface area (Å²) in [6, 6.07) is 0. The minimum Gasteiger partial charge on any atom is -0.408 e. The van der Waals surface area contributed by atoms with Gasteiger partial charge in [0.05, 0.1) is 17.4 Å². The van der Waals surface area contributed by atoms with Gasteiger partial charge in [-0.15, -0.1) is 0 Å². The largest absolute Gasteiger partial charge is 0.474 e. The van der Waals surface area contributed by atoms with Crippen LogP contribution in [0.4, 0.5) is 0 Å². The van der Waals surface area contributed by atoms with Crippen LogP contribution in [0, 0.1) is 0 Å². The van der Waals surface area contributed by atoms with Crippen LogP contribution in [-0.2, 0) is 9.31 Å². The smallest absolute Gasteiger partial charge is 0.408 e.